The van der Waals surface area contributed by atoms with Crippen LogP contribution in [-0.2, 0) is 9.53 Å². The Morgan fingerprint density at radius 2 is 1.79 bits per heavy atom. The van der Waals surface area contributed by atoms with Crippen molar-refractivity contribution in [2.45, 2.75) is 20.3 Å². The highest BCUT2D eigenvalue weighted by atomic mass is 16.5. The molecule has 6 heteroatoms. The van der Waals surface area contributed by atoms with Gasteiger partial charge in [0.2, 0.25) is 0 Å². The number of ether oxygens (including phenoxy) is 3. The van der Waals surface area contributed by atoms with Crippen LogP contribution in [0.5, 0.6) is 11.5 Å². The van der Waals surface area contributed by atoms with Gasteiger partial charge in [-0.3, -0.25) is 4.79 Å². The van der Waals surface area contributed by atoms with Crippen LogP contribution in [0.25, 0.3) is 0 Å². The van der Waals surface area contributed by atoms with Crippen molar-refractivity contribution in [1.82, 2.24) is 4.90 Å². The van der Waals surface area contributed by atoms with E-state index in [0.29, 0.717) is 36.4 Å². The highest BCUT2D eigenvalue weighted by Gasteiger charge is 2.26. The first-order chi connectivity index (χ1) is 11.4. The van der Waals surface area contributed by atoms with E-state index in [1.54, 1.807) is 17.0 Å². The molecule has 1 fully saturated rings. The van der Waals surface area contributed by atoms with E-state index in [2.05, 4.69) is 13.8 Å². The number of carbonyl (C=O) groups excluding carboxylic acids is 2. The molecule has 1 aromatic carbocycles. The van der Waals surface area contributed by atoms with Gasteiger partial charge < -0.3 is 19.1 Å². The number of methoxy groups -OCH3 is 2. The van der Waals surface area contributed by atoms with Crippen LogP contribution in [-0.4, -0.2) is 50.7 Å². The zero-order chi connectivity index (χ0) is 17.7. The number of esters is 1. The third-order valence-corrected chi connectivity index (χ3v) is 4.17. The molecular weight excluding hydrogens is 310 g/mol. The molecule has 6 nitrogen and oxygen atoms in total. The van der Waals surface area contributed by atoms with Gasteiger partial charge in [0.05, 0.1) is 14.2 Å². The van der Waals surface area contributed by atoms with Crippen LogP contribution in [0.15, 0.2) is 18.2 Å². The number of rotatable bonds is 5. The second-order valence-electron chi connectivity index (χ2n) is 6.39. The zero-order valence-corrected chi connectivity index (χ0v) is 14.7. The maximum Gasteiger partial charge on any atom is 0.342 e. The summed E-state index contributed by atoms with van der Waals surface area (Å²) in [6.07, 6.45) is 1.12. The van der Waals surface area contributed by atoms with Gasteiger partial charge in [-0.2, -0.15) is 0 Å². The summed E-state index contributed by atoms with van der Waals surface area (Å²) in [7, 11) is 2.99. The predicted molar refractivity (Wildman–Crippen MR) is 89.4 cm³/mol. The number of piperidine rings is 1. The standard InChI is InChI=1S/C18H25NO5/c1-12-7-13(2)10-19(9-12)17(20)11-24-18(21)15-8-14(22-3)5-6-16(15)23-4/h5-6,8,12-13H,7,9-11H2,1-4H3/t12-,13+. The highest BCUT2D eigenvalue weighted by molar-refractivity contribution is 5.94. The van der Waals surface area contributed by atoms with Gasteiger partial charge in [0.1, 0.15) is 17.1 Å². The Morgan fingerprint density at radius 1 is 1.12 bits per heavy atom. The van der Waals surface area contributed by atoms with Crippen LogP contribution >= 0.6 is 0 Å². The third-order valence-electron chi connectivity index (χ3n) is 4.17. The third kappa shape index (κ3) is 4.40. The first kappa shape index (κ1) is 18.1. The number of nitrogens with zero attached hydrogens (tertiary/aromatic N) is 1. The normalized spacial score (nSPS) is 20.4. The fourth-order valence-electron chi connectivity index (χ4n) is 3.14. The van der Waals surface area contributed by atoms with Crippen molar-refractivity contribution >= 4 is 11.9 Å². The zero-order valence-electron chi connectivity index (χ0n) is 14.7. The topological polar surface area (TPSA) is 65.1 Å². The van der Waals surface area contributed by atoms with Gasteiger partial charge in [0.15, 0.2) is 6.61 Å². The molecule has 0 spiro atoms. The number of likely N-dealkylation sites (tertiary alicyclic amines) is 1. The first-order valence-electron chi connectivity index (χ1n) is 8.11. The van der Waals surface area contributed by atoms with E-state index in [1.807, 2.05) is 0 Å². The molecule has 1 heterocycles. The quantitative estimate of drug-likeness (QED) is 0.773. The van der Waals surface area contributed by atoms with E-state index in [9.17, 15) is 9.59 Å². The molecular formula is C18H25NO5. The molecule has 0 unspecified atom stereocenters. The molecule has 132 valence electrons. The minimum atomic E-state index is -0.600. The number of benzene rings is 1. The van der Waals surface area contributed by atoms with Crippen molar-refractivity contribution in [3.05, 3.63) is 23.8 Å². The van der Waals surface area contributed by atoms with Gasteiger partial charge in [0.25, 0.3) is 5.91 Å². The lowest BCUT2D eigenvalue weighted by atomic mass is 9.92. The van der Waals surface area contributed by atoms with Crippen molar-refractivity contribution in [2.75, 3.05) is 33.9 Å². The molecule has 0 aliphatic carbocycles. The summed E-state index contributed by atoms with van der Waals surface area (Å²) in [4.78, 5) is 26.3. The van der Waals surface area contributed by atoms with Crippen LogP contribution in [0.2, 0.25) is 0 Å². The van der Waals surface area contributed by atoms with Gasteiger partial charge in [0, 0.05) is 13.1 Å². The van der Waals surface area contributed by atoms with Gasteiger partial charge in [-0.25, -0.2) is 4.79 Å². The summed E-state index contributed by atoms with van der Waals surface area (Å²) in [6, 6.07) is 4.86. The number of hydrogen-bond acceptors (Lipinski definition) is 5. The van der Waals surface area contributed by atoms with Gasteiger partial charge in [-0.15, -0.1) is 0 Å². The second kappa shape index (κ2) is 8.04. The van der Waals surface area contributed by atoms with Gasteiger partial charge >= 0.3 is 5.97 Å². The maximum atomic E-state index is 12.3. The van der Waals surface area contributed by atoms with Crippen LogP contribution in [0.4, 0.5) is 0 Å². The molecule has 1 saturated heterocycles. The Morgan fingerprint density at radius 3 is 2.38 bits per heavy atom. The molecule has 0 N–H and O–H groups in total. The summed E-state index contributed by atoms with van der Waals surface area (Å²) < 4.78 is 15.5. The first-order valence-corrected chi connectivity index (χ1v) is 8.11. The van der Waals surface area contributed by atoms with E-state index < -0.39 is 5.97 Å². The summed E-state index contributed by atoms with van der Waals surface area (Å²) in [5.74, 6) is 1.07. The number of amides is 1. The fraction of sp³-hybridized carbons (Fsp3) is 0.556. The Balaban J connectivity index is 1.99. The molecule has 2 atom stereocenters. The fourth-order valence-corrected chi connectivity index (χ4v) is 3.14. The molecule has 0 bridgehead atoms. The lowest BCUT2D eigenvalue weighted by Crippen LogP contribution is -2.44. The van der Waals surface area contributed by atoms with Crippen LogP contribution in [0.1, 0.15) is 30.6 Å². The van der Waals surface area contributed by atoms with Crippen LogP contribution < -0.4 is 9.47 Å². The summed E-state index contributed by atoms with van der Waals surface area (Å²) >= 11 is 0. The molecule has 1 aromatic rings. The number of carbonyl (C=O) groups is 2. The highest BCUT2D eigenvalue weighted by Crippen LogP contribution is 2.25. The molecule has 2 rings (SSSR count). The minimum absolute atomic E-state index is 0.163. The molecule has 1 aliphatic rings. The molecule has 1 amide bonds. The Bertz CT molecular complexity index is 591. The lowest BCUT2D eigenvalue weighted by Gasteiger charge is -2.34. The lowest BCUT2D eigenvalue weighted by molar-refractivity contribution is -0.137. The smallest absolute Gasteiger partial charge is 0.342 e. The Hall–Kier alpha value is -2.24. The summed E-state index contributed by atoms with van der Waals surface area (Å²) in [6.45, 7) is 5.41. The van der Waals surface area contributed by atoms with E-state index in [0.717, 1.165) is 6.42 Å². The van der Waals surface area contributed by atoms with Crippen molar-refractivity contribution < 1.29 is 23.8 Å². The van der Waals surface area contributed by atoms with Crippen LogP contribution in [0, 0.1) is 11.8 Å². The molecule has 0 saturated carbocycles. The summed E-state index contributed by atoms with van der Waals surface area (Å²) in [5, 5.41) is 0. The van der Waals surface area contributed by atoms with E-state index >= 15 is 0 Å². The SMILES string of the molecule is COc1ccc(OC)c(C(=O)OCC(=O)N2C[C@H](C)C[C@H](C)C2)c1. The van der Waals surface area contributed by atoms with Gasteiger partial charge in [-0.05, 0) is 36.5 Å². The maximum absolute atomic E-state index is 12.3. The van der Waals surface area contributed by atoms with E-state index in [1.165, 1.54) is 20.3 Å². The van der Waals surface area contributed by atoms with Gasteiger partial charge in [-0.1, -0.05) is 13.8 Å². The van der Waals surface area contributed by atoms with E-state index in [4.69, 9.17) is 14.2 Å². The molecule has 24 heavy (non-hydrogen) atoms. The van der Waals surface area contributed by atoms with E-state index in [-0.39, 0.29) is 18.1 Å². The molecule has 1 aliphatic heterocycles. The summed E-state index contributed by atoms with van der Waals surface area (Å²) in [5.41, 5.74) is 0.241. The Kier molecular flexibility index (Phi) is 6.06. The average molecular weight is 335 g/mol. The number of hydrogen-bond donors (Lipinski definition) is 0. The average Bonchev–Trinajstić information content (AvgIpc) is 2.57. The second-order valence-corrected chi connectivity index (χ2v) is 6.39. The van der Waals surface area contributed by atoms with Crippen molar-refractivity contribution in [1.29, 1.82) is 0 Å². The van der Waals surface area contributed by atoms with Crippen molar-refractivity contribution in [3.63, 3.8) is 0 Å². The molecule has 0 radical (unpaired) electrons. The van der Waals surface area contributed by atoms with Crippen molar-refractivity contribution in [2.24, 2.45) is 11.8 Å². The van der Waals surface area contributed by atoms with Crippen molar-refractivity contribution in [3.8, 4) is 11.5 Å². The monoisotopic (exact) mass is 335 g/mol. The largest absolute Gasteiger partial charge is 0.497 e. The Labute approximate surface area is 142 Å². The minimum Gasteiger partial charge on any atom is -0.497 e. The predicted octanol–water partition coefficient (Wildman–Crippen LogP) is 2.37. The molecule has 0 aromatic heterocycles. The van der Waals surface area contributed by atoms with Crippen LogP contribution in [0.3, 0.4) is 0 Å².